The fraction of sp³-hybridized carbons (Fsp3) is 0.562. The molecule has 1 saturated carbocycles. The van der Waals surface area contributed by atoms with Gasteiger partial charge in [0.25, 0.3) is 0 Å². The number of fused-ring (bicyclic) bond motifs is 1. The average molecular weight is 273 g/mol. The predicted molar refractivity (Wildman–Crippen MR) is 81.5 cm³/mol. The van der Waals surface area contributed by atoms with Crippen molar-refractivity contribution in [2.45, 2.75) is 32.1 Å². The Morgan fingerprint density at radius 3 is 2.55 bits per heavy atom. The molecule has 2 atom stereocenters. The number of likely N-dealkylation sites (tertiary alicyclic amines) is 1. The van der Waals surface area contributed by atoms with Crippen LogP contribution in [0.2, 0.25) is 0 Å². The van der Waals surface area contributed by atoms with Crippen LogP contribution in [0.1, 0.15) is 32.1 Å². The van der Waals surface area contributed by atoms with Crippen molar-refractivity contribution in [2.75, 3.05) is 24.1 Å². The molecule has 1 aliphatic carbocycles. The molecular formula is C16H23N3O. The number of benzene rings is 1. The van der Waals surface area contributed by atoms with Crippen LogP contribution in [0.15, 0.2) is 24.3 Å². The Bertz CT molecular complexity index is 471. The van der Waals surface area contributed by atoms with E-state index in [0.717, 1.165) is 30.6 Å². The number of piperidine rings is 1. The molecule has 0 spiro atoms. The maximum atomic E-state index is 12.3. The summed E-state index contributed by atoms with van der Waals surface area (Å²) in [7, 11) is 0. The monoisotopic (exact) mass is 273 g/mol. The lowest BCUT2D eigenvalue weighted by molar-refractivity contribution is 0.108. The molecule has 3 rings (SSSR count). The number of rotatable bonds is 1. The van der Waals surface area contributed by atoms with Crippen molar-refractivity contribution in [3.63, 3.8) is 0 Å². The Kier molecular flexibility index (Phi) is 3.81. The topological polar surface area (TPSA) is 58.4 Å². The average Bonchev–Trinajstić information content (AvgIpc) is 2.49. The zero-order valence-corrected chi connectivity index (χ0v) is 11.8. The molecule has 20 heavy (non-hydrogen) atoms. The number of hydrogen-bond acceptors (Lipinski definition) is 2. The summed E-state index contributed by atoms with van der Waals surface area (Å²) < 4.78 is 0. The van der Waals surface area contributed by atoms with Crippen molar-refractivity contribution in [1.82, 2.24) is 4.90 Å². The Hall–Kier alpha value is -1.71. The van der Waals surface area contributed by atoms with Crippen molar-refractivity contribution >= 4 is 17.4 Å². The van der Waals surface area contributed by atoms with Crippen LogP contribution >= 0.6 is 0 Å². The van der Waals surface area contributed by atoms with Crippen molar-refractivity contribution in [1.29, 1.82) is 0 Å². The second-order valence-corrected chi connectivity index (χ2v) is 6.09. The van der Waals surface area contributed by atoms with Gasteiger partial charge in [0.05, 0.1) is 0 Å². The first-order chi connectivity index (χ1) is 9.72. The minimum absolute atomic E-state index is 0.0267. The van der Waals surface area contributed by atoms with E-state index in [4.69, 9.17) is 5.73 Å². The molecule has 0 bridgehead atoms. The zero-order chi connectivity index (χ0) is 13.9. The first-order valence-corrected chi connectivity index (χ1v) is 7.64. The summed E-state index contributed by atoms with van der Waals surface area (Å²) in [6, 6.07) is 7.34. The summed E-state index contributed by atoms with van der Waals surface area (Å²) in [6.45, 7) is 1.81. The number of nitrogen functional groups attached to an aromatic ring is 1. The number of nitrogens with two attached hydrogens (primary N) is 1. The summed E-state index contributed by atoms with van der Waals surface area (Å²) in [6.07, 6.45) is 6.52. The van der Waals surface area contributed by atoms with E-state index in [0.29, 0.717) is 5.69 Å². The SMILES string of the molecule is Nc1ccc(NC(=O)N2CCC3CCCCC3C2)cc1. The number of amides is 2. The number of hydrogen-bond donors (Lipinski definition) is 2. The highest BCUT2D eigenvalue weighted by Crippen LogP contribution is 2.36. The number of anilines is 2. The van der Waals surface area contributed by atoms with Crippen LogP contribution in [0, 0.1) is 11.8 Å². The van der Waals surface area contributed by atoms with E-state index < -0.39 is 0 Å². The molecule has 2 aliphatic rings. The summed E-state index contributed by atoms with van der Waals surface area (Å²) in [5.74, 6) is 1.57. The molecule has 3 N–H and O–H groups in total. The fourth-order valence-electron chi connectivity index (χ4n) is 3.55. The molecule has 1 aromatic rings. The van der Waals surface area contributed by atoms with E-state index in [1.54, 1.807) is 0 Å². The Morgan fingerprint density at radius 2 is 1.80 bits per heavy atom. The molecule has 1 heterocycles. The van der Waals surface area contributed by atoms with Gasteiger partial charge in [-0.25, -0.2) is 4.79 Å². The molecule has 0 aromatic heterocycles. The standard InChI is InChI=1S/C16H23N3O/c17-14-5-7-15(8-6-14)18-16(20)19-10-9-12-3-1-2-4-13(12)11-19/h5-8,12-13H,1-4,9-11,17H2,(H,18,20). The summed E-state index contributed by atoms with van der Waals surface area (Å²) in [5, 5.41) is 2.97. The first kappa shape index (κ1) is 13.3. The Morgan fingerprint density at radius 1 is 1.10 bits per heavy atom. The molecule has 0 radical (unpaired) electrons. The third kappa shape index (κ3) is 2.89. The predicted octanol–water partition coefficient (Wildman–Crippen LogP) is 3.31. The largest absolute Gasteiger partial charge is 0.399 e. The van der Waals surface area contributed by atoms with E-state index in [9.17, 15) is 4.79 Å². The number of carbonyl (C=O) groups is 1. The summed E-state index contributed by atoms with van der Waals surface area (Å²) >= 11 is 0. The number of urea groups is 1. The van der Waals surface area contributed by atoms with Crippen LogP contribution < -0.4 is 11.1 Å². The third-order valence-corrected chi connectivity index (χ3v) is 4.74. The molecule has 108 valence electrons. The molecule has 2 fully saturated rings. The maximum absolute atomic E-state index is 12.3. The van der Waals surface area contributed by atoms with Gasteiger partial charge in [-0.1, -0.05) is 19.3 Å². The highest BCUT2D eigenvalue weighted by atomic mass is 16.2. The van der Waals surface area contributed by atoms with Gasteiger partial charge in [0.2, 0.25) is 0 Å². The number of nitrogens with one attached hydrogen (secondary N) is 1. The lowest BCUT2D eigenvalue weighted by Crippen LogP contribution is -2.46. The van der Waals surface area contributed by atoms with Gasteiger partial charge >= 0.3 is 6.03 Å². The Labute approximate surface area is 120 Å². The van der Waals surface area contributed by atoms with Crippen molar-refractivity contribution in [3.05, 3.63) is 24.3 Å². The molecular weight excluding hydrogens is 250 g/mol. The molecule has 1 aromatic carbocycles. The van der Waals surface area contributed by atoms with Gasteiger partial charge < -0.3 is 16.0 Å². The Balaban J connectivity index is 1.58. The maximum Gasteiger partial charge on any atom is 0.321 e. The quantitative estimate of drug-likeness (QED) is 0.771. The van der Waals surface area contributed by atoms with Gasteiger partial charge in [0.15, 0.2) is 0 Å². The van der Waals surface area contributed by atoms with Crippen molar-refractivity contribution < 1.29 is 4.79 Å². The minimum Gasteiger partial charge on any atom is -0.399 e. The molecule has 1 saturated heterocycles. The number of nitrogens with zero attached hydrogens (tertiary/aromatic N) is 1. The second kappa shape index (κ2) is 5.73. The number of carbonyl (C=O) groups excluding carboxylic acids is 1. The van der Waals surface area contributed by atoms with Crippen LogP contribution in [-0.4, -0.2) is 24.0 Å². The van der Waals surface area contributed by atoms with Gasteiger partial charge in [0, 0.05) is 24.5 Å². The molecule has 2 unspecified atom stereocenters. The van der Waals surface area contributed by atoms with E-state index in [1.165, 1.54) is 32.1 Å². The summed E-state index contributed by atoms with van der Waals surface area (Å²) in [4.78, 5) is 14.3. The third-order valence-electron chi connectivity index (χ3n) is 4.74. The lowest BCUT2D eigenvalue weighted by atomic mass is 9.75. The van der Waals surface area contributed by atoms with Gasteiger partial charge in [0.1, 0.15) is 0 Å². The molecule has 1 aliphatic heterocycles. The van der Waals surface area contributed by atoms with Gasteiger partial charge in [-0.05, 0) is 48.9 Å². The minimum atomic E-state index is 0.0267. The van der Waals surface area contributed by atoms with Crippen molar-refractivity contribution in [3.8, 4) is 0 Å². The van der Waals surface area contributed by atoms with Crippen LogP contribution in [-0.2, 0) is 0 Å². The van der Waals surface area contributed by atoms with Crippen LogP contribution in [0.5, 0.6) is 0 Å². The van der Waals surface area contributed by atoms with E-state index in [-0.39, 0.29) is 6.03 Å². The molecule has 4 heteroatoms. The summed E-state index contributed by atoms with van der Waals surface area (Å²) in [5.41, 5.74) is 7.18. The van der Waals surface area contributed by atoms with Crippen LogP contribution in [0.3, 0.4) is 0 Å². The first-order valence-electron chi connectivity index (χ1n) is 7.64. The smallest absolute Gasteiger partial charge is 0.321 e. The second-order valence-electron chi connectivity index (χ2n) is 6.09. The van der Waals surface area contributed by atoms with E-state index in [1.807, 2.05) is 29.2 Å². The highest BCUT2D eigenvalue weighted by molar-refractivity contribution is 5.89. The van der Waals surface area contributed by atoms with Gasteiger partial charge in [-0.2, -0.15) is 0 Å². The zero-order valence-electron chi connectivity index (χ0n) is 11.8. The lowest BCUT2D eigenvalue weighted by Gasteiger charge is -2.41. The van der Waals surface area contributed by atoms with Crippen molar-refractivity contribution in [2.24, 2.45) is 11.8 Å². The molecule has 2 amide bonds. The van der Waals surface area contributed by atoms with Gasteiger partial charge in [-0.3, -0.25) is 0 Å². The van der Waals surface area contributed by atoms with E-state index >= 15 is 0 Å². The van der Waals surface area contributed by atoms with Crippen LogP contribution in [0.25, 0.3) is 0 Å². The van der Waals surface area contributed by atoms with Gasteiger partial charge in [-0.15, -0.1) is 0 Å². The molecule has 4 nitrogen and oxygen atoms in total. The van der Waals surface area contributed by atoms with E-state index in [2.05, 4.69) is 5.32 Å². The highest BCUT2D eigenvalue weighted by Gasteiger charge is 2.32. The normalized spacial score (nSPS) is 25.9. The fourth-order valence-corrected chi connectivity index (χ4v) is 3.55. The van der Waals surface area contributed by atoms with Crippen LogP contribution in [0.4, 0.5) is 16.2 Å².